The molecule has 17 heavy (non-hydrogen) atoms. The van der Waals surface area contributed by atoms with Gasteiger partial charge in [-0.05, 0) is 11.6 Å². The highest BCUT2D eigenvalue weighted by atomic mass is 35.5. The van der Waals surface area contributed by atoms with E-state index in [2.05, 4.69) is 4.74 Å². The third kappa shape index (κ3) is 3.81. The van der Waals surface area contributed by atoms with Crippen molar-refractivity contribution in [3.05, 3.63) is 29.3 Å². The van der Waals surface area contributed by atoms with Crippen molar-refractivity contribution in [2.45, 2.75) is 12.6 Å². The molecule has 0 aliphatic carbocycles. The zero-order chi connectivity index (χ0) is 12.3. The highest BCUT2D eigenvalue weighted by Gasteiger charge is 2.37. The van der Waals surface area contributed by atoms with Gasteiger partial charge < -0.3 is 9.84 Å². The van der Waals surface area contributed by atoms with Gasteiger partial charge in [0.2, 0.25) is 0 Å². The minimum atomic E-state index is -4.63. The maximum atomic E-state index is 12.7. The van der Waals surface area contributed by atoms with E-state index in [1.54, 1.807) is 0 Å². The third-order valence-electron chi connectivity index (χ3n) is 1.96. The molecule has 0 spiro atoms. The minimum absolute atomic E-state index is 0. The second-order valence-electron chi connectivity index (χ2n) is 3.06. The van der Waals surface area contributed by atoms with E-state index in [1.807, 2.05) is 0 Å². The first-order valence-corrected chi connectivity index (χ1v) is 4.31. The second-order valence-corrected chi connectivity index (χ2v) is 3.06. The van der Waals surface area contributed by atoms with E-state index in [9.17, 15) is 18.0 Å². The fourth-order valence-corrected chi connectivity index (χ4v) is 1.38. The van der Waals surface area contributed by atoms with Gasteiger partial charge in [0.15, 0.2) is 0 Å². The quantitative estimate of drug-likeness (QED) is 0.919. The molecule has 0 aromatic heterocycles. The summed E-state index contributed by atoms with van der Waals surface area (Å²) in [6, 6.07) is 3.60. The van der Waals surface area contributed by atoms with E-state index in [-0.39, 0.29) is 23.7 Å². The molecule has 7 heteroatoms. The van der Waals surface area contributed by atoms with Gasteiger partial charge in [0.1, 0.15) is 11.3 Å². The molecule has 0 bridgehead atoms. The molecule has 0 atom stereocenters. The lowest BCUT2D eigenvalue weighted by Crippen LogP contribution is -2.13. The molecule has 0 fully saturated rings. The Kier molecular flexibility index (Phi) is 5.28. The van der Waals surface area contributed by atoms with Crippen LogP contribution in [0.2, 0.25) is 0 Å². The zero-order valence-electron chi connectivity index (χ0n) is 8.75. The van der Waals surface area contributed by atoms with Gasteiger partial charge in [0, 0.05) is 0 Å². The summed E-state index contributed by atoms with van der Waals surface area (Å²) < 4.78 is 42.6. The first-order valence-electron chi connectivity index (χ1n) is 4.31. The molecule has 0 radical (unpaired) electrons. The number of halogens is 4. The monoisotopic (exact) mass is 270 g/mol. The van der Waals surface area contributed by atoms with Crippen molar-refractivity contribution in [2.75, 3.05) is 7.11 Å². The molecule has 0 amide bonds. The molecule has 3 nitrogen and oxygen atoms in total. The normalized spacial score (nSPS) is 10.6. The first-order chi connectivity index (χ1) is 7.36. The largest absolute Gasteiger partial charge is 0.496 e. The Labute approximate surface area is 102 Å². The lowest BCUT2D eigenvalue weighted by Gasteiger charge is -2.15. The molecule has 0 heterocycles. The molecule has 0 aliphatic rings. The smallest absolute Gasteiger partial charge is 0.420 e. The Hall–Kier alpha value is -1.43. The molecule has 0 aliphatic heterocycles. The van der Waals surface area contributed by atoms with Crippen molar-refractivity contribution in [2.24, 2.45) is 0 Å². The van der Waals surface area contributed by atoms with Crippen LogP contribution in [0.25, 0.3) is 0 Å². The summed E-state index contributed by atoms with van der Waals surface area (Å²) in [5.74, 6) is -1.69. The molecule has 0 unspecified atom stereocenters. The predicted molar refractivity (Wildman–Crippen MR) is 56.6 cm³/mol. The number of aliphatic carboxylic acids is 1. The summed E-state index contributed by atoms with van der Waals surface area (Å²) >= 11 is 0. The van der Waals surface area contributed by atoms with Crippen molar-refractivity contribution in [3.63, 3.8) is 0 Å². The zero-order valence-corrected chi connectivity index (χ0v) is 9.56. The van der Waals surface area contributed by atoms with E-state index in [4.69, 9.17) is 5.11 Å². The fraction of sp³-hybridized carbons (Fsp3) is 0.300. The Balaban J connectivity index is 0.00000256. The summed E-state index contributed by atoms with van der Waals surface area (Å²) in [5.41, 5.74) is -1.33. The second kappa shape index (κ2) is 5.77. The summed E-state index contributed by atoms with van der Waals surface area (Å²) in [6.07, 6.45) is -5.32. The summed E-state index contributed by atoms with van der Waals surface area (Å²) in [4.78, 5) is 10.4. The van der Waals surface area contributed by atoms with Crippen LogP contribution in [0.15, 0.2) is 18.2 Å². The number of alkyl halides is 3. The number of methoxy groups -OCH3 is 1. The Bertz CT molecular complexity index is 404. The van der Waals surface area contributed by atoms with Crippen LogP contribution >= 0.6 is 12.4 Å². The number of ether oxygens (including phenoxy) is 1. The fourth-order valence-electron chi connectivity index (χ4n) is 1.38. The number of hydrogen-bond donors (Lipinski definition) is 1. The molecule has 1 aromatic carbocycles. The highest BCUT2D eigenvalue weighted by molar-refractivity contribution is 5.85. The predicted octanol–water partition coefficient (Wildman–Crippen LogP) is 2.76. The van der Waals surface area contributed by atoms with Gasteiger partial charge in [0.25, 0.3) is 0 Å². The van der Waals surface area contributed by atoms with E-state index in [1.165, 1.54) is 6.07 Å². The van der Waals surface area contributed by atoms with Gasteiger partial charge in [0.05, 0.1) is 13.5 Å². The lowest BCUT2D eigenvalue weighted by molar-refractivity contribution is -0.140. The van der Waals surface area contributed by atoms with Crippen LogP contribution in [0.4, 0.5) is 13.2 Å². The summed E-state index contributed by atoms with van der Waals surface area (Å²) in [6.45, 7) is 0. The van der Waals surface area contributed by atoms with Crippen LogP contribution < -0.4 is 4.74 Å². The molecule has 0 saturated heterocycles. The van der Waals surface area contributed by atoms with E-state index < -0.39 is 24.1 Å². The Morgan fingerprint density at radius 2 is 2.00 bits per heavy atom. The van der Waals surface area contributed by atoms with Crippen LogP contribution in [0.3, 0.4) is 0 Å². The number of rotatable bonds is 3. The Morgan fingerprint density at radius 3 is 2.41 bits per heavy atom. The van der Waals surface area contributed by atoms with Gasteiger partial charge in [-0.1, -0.05) is 12.1 Å². The maximum Gasteiger partial charge on any atom is 0.420 e. The number of carboxylic acid groups (broad SMARTS) is 1. The SMILES string of the molecule is COc1cccc(CC(=O)O)c1C(F)(F)F.Cl. The molecule has 96 valence electrons. The standard InChI is InChI=1S/C10H9F3O3.ClH/c1-16-7-4-2-3-6(5-8(14)15)9(7)10(11,12)13;/h2-4H,5H2,1H3,(H,14,15);1H. The first kappa shape index (κ1) is 15.6. The Morgan fingerprint density at radius 1 is 1.41 bits per heavy atom. The van der Waals surface area contributed by atoms with Crippen molar-refractivity contribution in [3.8, 4) is 5.75 Å². The van der Waals surface area contributed by atoms with Crippen molar-refractivity contribution in [1.29, 1.82) is 0 Å². The van der Waals surface area contributed by atoms with E-state index in [0.717, 1.165) is 19.2 Å². The van der Waals surface area contributed by atoms with Crippen molar-refractivity contribution in [1.82, 2.24) is 0 Å². The molecular formula is C10H10ClF3O3. The minimum Gasteiger partial charge on any atom is -0.496 e. The van der Waals surface area contributed by atoms with Crippen molar-refractivity contribution >= 4 is 18.4 Å². The molecular weight excluding hydrogens is 261 g/mol. The number of carbonyl (C=O) groups is 1. The van der Waals surface area contributed by atoms with E-state index in [0.29, 0.717) is 0 Å². The number of benzene rings is 1. The average Bonchev–Trinajstić information content (AvgIpc) is 2.14. The van der Waals surface area contributed by atoms with Crippen LogP contribution in [-0.4, -0.2) is 18.2 Å². The molecule has 1 rings (SSSR count). The maximum absolute atomic E-state index is 12.7. The molecule has 1 aromatic rings. The van der Waals surface area contributed by atoms with Crippen LogP contribution in [0.5, 0.6) is 5.75 Å². The lowest BCUT2D eigenvalue weighted by atomic mass is 10.0. The van der Waals surface area contributed by atoms with Crippen molar-refractivity contribution < 1.29 is 27.8 Å². The van der Waals surface area contributed by atoms with Gasteiger partial charge in [-0.15, -0.1) is 12.4 Å². The molecule has 0 saturated carbocycles. The number of hydrogen-bond acceptors (Lipinski definition) is 2. The van der Waals surface area contributed by atoms with Gasteiger partial charge in [-0.3, -0.25) is 4.79 Å². The van der Waals surface area contributed by atoms with Crippen LogP contribution in [-0.2, 0) is 17.4 Å². The van der Waals surface area contributed by atoms with Gasteiger partial charge >= 0.3 is 12.1 Å². The average molecular weight is 271 g/mol. The van der Waals surface area contributed by atoms with Crippen LogP contribution in [0, 0.1) is 0 Å². The topological polar surface area (TPSA) is 46.5 Å². The third-order valence-corrected chi connectivity index (χ3v) is 1.96. The van der Waals surface area contributed by atoms with Gasteiger partial charge in [-0.25, -0.2) is 0 Å². The summed E-state index contributed by atoms with van der Waals surface area (Å²) in [7, 11) is 1.11. The van der Waals surface area contributed by atoms with Gasteiger partial charge in [-0.2, -0.15) is 13.2 Å². The summed E-state index contributed by atoms with van der Waals surface area (Å²) in [5, 5.41) is 8.51. The molecule has 1 N–H and O–H groups in total. The van der Waals surface area contributed by atoms with Crippen LogP contribution in [0.1, 0.15) is 11.1 Å². The van der Waals surface area contributed by atoms with E-state index >= 15 is 0 Å². The number of carboxylic acids is 1. The highest BCUT2D eigenvalue weighted by Crippen LogP contribution is 2.38.